The van der Waals surface area contributed by atoms with Gasteiger partial charge < -0.3 is 59.7 Å². The van der Waals surface area contributed by atoms with Gasteiger partial charge in [0.05, 0.1) is 0 Å². The number of allylic oxidation sites excluding steroid dienone is 1. The van der Waals surface area contributed by atoms with Crippen LogP contribution >= 0.6 is 0 Å². The highest BCUT2D eigenvalue weighted by molar-refractivity contribution is 5.97. The lowest BCUT2D eigenvalue weighted by Gasteiger charge is -2.53. The van der Waals surface area contributed by atoms with Gasteiger partial charge in [-0.2, -0.15) is 0 Å². The fourth-order valence-electron chi connectivity index (χ4n) is 23.8. The highest BCUT2D eigenvalue weighted by Crippen LogP contribution is 2.63. The molecule has 19 nitrogen and oxygen atoms in total. The highest BCUT2D eigenvalue weighted by atomic mass is 16.5. The van der Waals surface area contributed by atoms with Crippen molar-refractivity contribution < 1.29 is 54.1 Å². The second-order valence-electron chi connectivity index (χ2n) is 35.9. The first-order valence-electron chi connectivity index (χ1n) is 45.5. The highest BCUT2D eigenvalue weighted by Gasteiger charge is 2.70. The van der Waals surface area contributed by atoms with E-state index in [4.69, 9.17) is 18.9 Å². The van der Waals surface area contributed by atoms with Crippen LogP contribution in [0, 0.1) is 0 Å². The van der Waals surface area contributed by atoms with Gasteiger partial charge in [0, 0.05) is 109 Å². The van der Waals surface area contributed by atoms with E-state index in [1.54, 1.807) is 37.1 Å². The molecule has 0 atom stereocenters. The number of aliphatic hydroxyl groups is 4. The minimum atomic E-state index is -1.24. The van der Waals surface area contributed by atoms with E-state index in [-0.39, 0.29) is 48.4 Å². The van der Waals surface area contributed by atoms with E-state index < -0.39 is 55.9 Å². The maximum absolute atomic E-state index is 13.3. The van der Waals surface area contributed by atoms with Crippen LogP contribution in [0.25, 0.3) is 5.57 Å². The monoisotopic (exact) mass is 1750 g/mol. The van der Waals surface area contributed by atoms with Crippen molar-refractivity contribution in [2.24, 2.45) is 0 Å². The lowest BCUT2D eigenvalue weighted by atomic mass is 9.78. The number of fused-ring (bicyclic) bond motifs is 26. The molecule has 131 heavy (non-hydrogen) atoms. The molecule has 666 valence electrons. The van der Waals surface area contributed by atoms with E-state index in [1.165, 1.54) is 73.3 Å². The summed E-state index contributed by atoms with van der Waals surface area (Å²) in [6.07, 6.45) is 10.9. The van der Waals surface area contributed by atoms with E-state index in [9.17, 15) is 44.7 Å². The Morgan fingerprint density at radius 1 is 0.374 bits per heavy atom. The van der Waals surface area contributed by atoms with E-state index in [1.807, 2.05) is 198 Å². The summed E-state index contributed by atoms with van der Waals surface area (Å²) in [6, 6.07) is 95.2. The zero-order valence-corrected chi connectivity index (χ0v) is 73.8. The number of aromatic hydroxyl groups is 1. The molecule has 2 aliphatic heterocycles. The average molecular weight is 1750 g/mol. The van der Waals surface area contributed by atoms with Crippen LogP contribution < -0.4 is 26.0 Å². The Hall–Kier alpha value is -13.1. The largest absolute Gasteiger partial charge is 0.502 e. The fourth-order valence-corrected chi connectivity index (χ4v) is 23.8. The van der Waals surface area contributed by atoms with Gasteiger partial charge in [-0.3, -0.25) is 33.5 Å². The maximum Gasteiger partial charge on any atom is 0.277 e. The van der Waals surface area contributed by atoms with Crippen molar-refractivity contribution in [3.8, 4) is 11.5 Å². The van der Waals surface area contributed by atoms with Crippen LogP contribution in [0.5, 0.6) is 11.5 Å². The van der Waals surface area contributed by atoms with Crippen LogP contribution in [0.1, 0.15) is 180 Å². The summed E-state index contributed by atoms with van der Waals surface area (Å²) in [4.78, 5) is 53.6. The SMILES string of the molecule is C.CCN1CNn2ccc(=O)c(OCc3ccccc3)c2C1=O.CCOC12Cc3ccccc3C1(N1CN(CC)C(=O)c3c(O)c(=O)ccn31)c1ccccc1C2.CCOC12Cc3ccccc3C1(O)c1ccccc1C2.CCOC12c3ccccc3CC1(O)Cc1ccccc12.OC12Cc3ccccc3C1(O)c1ccccc1C2.c1ccc2c(c1)CC1=C2c2ccccc2C1. The van der Waals surface area contributed by atoms with E-state index in [2.05, 4.69) is 120 Å². The summed E-state index contributed by atoms with van der Waals surface area (Å²) < 4.78 is 28.0. The quantitative estimate of drug-likeness (QED) is 0.0667. The van der Waals surface area contributed by atoms with Crippen molar-refractivity contribution in [1.29, 1.82) is 0 Å². The molecule has 4 heterocycles. The van der Waals surface area contributed by atoms with Crippen LogP contribution in [0.4, 0.5) is 0 Å². The predicted molar refractivity (Wildman–Crippen MR) is 507 cm³/mol. The molecule has 0 unspecified atom stereocenters. The third kappa shape index (κ3) is 13.4. The van der Waals surface area contributed by atoms with Crippen LogP contribution in [0.2, 0.25) is 0 Å². The van der Waals surface area contributed by atoms with E-state index in [0.29, 0.717) is 71.9 Å². The summed E-state index contributed by atoms with van der Waals surface area (Å²) in [6.45, 7) is 13.5. The first kappa shape index (κ1) is 87.3. The standard InChI is InChI=1S/C27H27N3O4.2C18H18O2.C16H17N3O3.C16H14O2.C16H12.CH4/c1-3-28-17-30(29-14-13-22(31)24(32)23(29)25(28)33)27-20-11-7-5-9-18(20)15-26(27,34-4-2)16-19-10-6-8-12-21(19)27;1-2-20-17-11-13-7-3-5-9-15(13)18(17,19)16-10-6-4-8-14(16)12-17;1-2-20-18-15-9-5-3-7-13(15)11-17(18,19)12-14-8-4-6-10-16(14)18;1-2-18-11-17-19-9-8-13(20)15(14(19)16(18)21)22-10-12-6-4-3-5-7-12;17-15-9-11-5-1-3-7-13(11)16(15,18)14-8-4-2-6-12(14)10-15;1-3-7-14-11(5-1)9-13-10-12-6-2-4-8-15(12)16(13)14;/h5-14,32H,3-4,15-17H2,1-2H3;2*3-10,19H,2,11-12H2,1H3;3-9,17H,2,10-11H2,1H3;1-8,17-18H,9-10H2;1-8H,9-10H2;1H4. The minimum Gasteiger partial charge on any atom is -0.502 e. The summed E-state index contributed by atoms with van der Waals surface area (Å²) in [7, 11) is 0. The number of pyridine rings is 2. The molecule has 0 spiro atoms. The van der Waals surface area contributed by atoms with Crippen molar-refractivity contribution in [2.75, 3.05) is 56.7 Å². The van der Waals surface area contributed by atoms with Crippen molar-refractivity contribution in [3.05, 3.63) is 452 Å². The third-order valence-corrected chi connectivity index (χ3v) is 29.1. The molecule has 2 aromatic heterocycles. The fraction of sp³-hybridized carbons (Fsp3) is 0.286. The lowest BCUT2D eigenvalue weighted by Crippen LogP contribution is -2.68. The van der Waals surface area contributed by atoms with Gasteiger partial charge in [-0.15, -0.1) is 0 Å². The second kappa shape index (κ2) is 34.0. The zero-order valence-electron chi connectivity index (χ0n) is 73.8. The van der Waals surface area contributed by atoms with Crippen molar-refractivity contribution >= 4 is 17.4 Å². The molecule has 0 fully saturated rings. The Kier molecular flexibility index (Phi) is 22.7. The number of hydrogen-bond donors (Lipinski definition) is 6. The van der Waals surface area contributed by atoms with Gasteiger partial charge in [-0.25, -0.2) is 0 Å². The molecule has 12 aliphatic rings. The number of carbonyl (C=O) groups excluding carboxylic acids is 2. The molecule has 6 N–H and O–H groups in total. The molecule has 0 saturated carbocycles. The number of hydrogen-bond acceptors (Lipinski definition) is 15. The Morgan fingerprint density at radius 2 is 0.756 bits per heavy atom. The van der Waals surface area contributed by atoms with Gasteiger partial charge in [0.15, 0.2) is 22.9 Å². The number of nitrogens with zero attached hydrogens (tertiary/aromatic N) is 5. The van der Waals surface area contributed by atoms with Gasteiger partial charge in [-0.1, -0.05) is 286 Å². The normalized spacial score (nSPS) is 24.1. The van der Waals surface area contributed by atoms with Crippen molar-refractivity contribution in [1.82, 2.24) is 19.2 Å². The smallest absolute Gasteiger partial charge is 0.277 e. The zero-order chi connectivity index (χ0) is 89.7. The topological polar surface area (TPSA) is 238 Å². The summed E-state index contributed by atoms with van der Waals surface area (Å²) >= 11 is 0. The van der Waals surface area contributed by atoms with Crippen molar-refractivity contribution in [2.45, 2.75) is 158 Å². The Bertz CT molecular complexity index is 6540. The van der Waals surface area contributed by atoms with Gasteiger partial charge in [0.1, 0.15) is 64.7 Å². The maximum atomic E-state index is 13.3. The summed E-state index contributed by atoms with van der Waals surface area (Å²) in [5.41, 5.74) is 23.3. The molecule has 10 aliphatic carbocycles. The first-order chi connectivity index (χ1) is 63.2. The lowest BCUT2D eigenvalue weighted by molar-refractivity contribution is -0.145. The first-order valence-corrected chi connectivity index (χ1v) is 45.5. The molecule has 0 radical (unpaired) electrons. The number of aromatic nitrogens is 2. The van der Waals surface area contributed by atoms with Crippen LogP contribution in [0.15, 0.2) is 313 Å². The van der Waals surface area contributed by atoms with Crippen molar-refractivity contribution in [3.63, 3.8) is 0 Å². The molecular formula is C112H110N6O13. The van der Waals surface area contributed by atoms with Crippen LogP contribution in [0.3, 0.4) is 0 Å². The minimum absolute atomic E-state index is 0. The predicted octanol–water partition coefficient (Wildman–Crippen LogP) is 15.8. The van der Waals surface area contributed by atoms with Gasteiger partial charge >= 0.3 is 0 Å². The van der Waals surface area contributed by atoms with Gasteiger partial charge in [0.25, 0.3) is 11.8 Å². The molecule has 2 amide bonds. The number of amides is 2. The Labute approximate surface area is 763 Å². The molecule has 11 aromatic carbocycles. The molecule has 0 saturated heterocycles. The molecule has 19 heteroatoms. The molecule has 0 bridgehead atoms. The summed E-state index contributed by atoms with van der Waals surface area (Å²) in [5.74, 6) is -0.999. The number of benzene rings is 11. The Balaban J connectivity index is 0.000000103. The van der Waals surface area contributed by atoms with E-state index >= 15 is 0 Å². The number of rotatable bonds is 12. The molecule has 13 aromatic rings. The number of ether oxygens (including phenoxy) is 4. The molecular weight excluding hydrogens is 1640 g/mol. The van der Waals surface area contributed by atoms with Gasteiger partial charge in [0.2, 0.25) is 10.9 Å². The third-order valence-electron chi connectivity index (χ3n) is 29.1. The Morgan fingerprint density at radius 3 is 1.24 bits per heavy atom. The molecule has 25 rings (SSSR count). The van der Waals surface area contributed by atoms with E-state index in [0.717, 1.165) is 99.7 Å². The average Bonchev–Trinajstić information content (AvgIpc) is 1.50. The number of carbonyl (C=O) groups is 2. The van der Waals surface area contributed by atoms with Crippen LogP contribution in [-0.4, -0.2) is 125 Å². The van der Waals surface area contributed by atoms with Gasteiger partial charge in [-0.05, 0) is 170 Å². The number of nitrogens with one attached hydrogen (secondary N) is 1. The summed E-state index contributed by atoms with van der Waals surface area (Å²) in [5, 5.41) is 57.8. The van der Waals surface area contributed by atoms with Crippen LogP contribution in [-0.2, 0) is 107 Å². The second-order valence-corrected chi connectivity index (χ2v) is 35.9.